The van der Waals surface area contributed by atoms with E-state index in [-0.39, 0.29) is 18.2 Å². The van der Waals surface area contributed by atoms with E-state index >= 15 is 0 Å². The van der Waals surface area contributed by atoms with Crippen LogP contribution >= 0.6 is 15.9 Å². The first-order chi connectivity index (χ1) is 17.9. The number of anilines is 6. The summed E-state index contributed by atoms with van der Waals surface area (Å²) in [6.45, 7) is 2.35. The number of rotatable bonds is 7. The van der Waals surface area contributed by atoms with Crippen molar-refractivity contribution in [3.8, 4) is 0 Å². The highest BCUT2D eigenvalue weighted by atomic mass is 79.9. The summed E-state index contributed by atoms with van der Waals surface area (Å²) in [5.41, 5.74) is 3.33. The molecule has 3 N–H and O–H groups in total. The first-order valence-corrected chi connectivity index (χ1v) is 12.5. The number of hydrogen-bond donors (Lipinski definition) is 3. The number of halogens is 1. The number of carbonyl (C=O) groups excluding carboxylic acids is 2. The van der Waals surface area contributed by atoms with Gasteiger partial charge < -0.3 is 20.9 Å². The Kier molecular flexibility index (Phi) is 7.09. The quantitative estimate of drug-likeness (QED) is 0.278. The maximum Gasteiger partial charge on any atom is 0.229 e. The second-order valence-corrected chi connectivity index (χ2v) is 9.62. The number of nitrogens with zero attached hydrogens (tertiary/aromatic N) is 4. The lowest BCUT2D eigenvalue weighted by atomic mass is 10.1. The molecule has 3 heterocycles. The summed E-state index contributed by atoms with van der Waals surface area (Å²) in [7, 11) is 0. The predicted molar refractivity (Wildman–Crippen MR) is 147 cm³/mol. The van der Waals surface area contributed by atoms with Gasteiger partial charge in [0.05, 0.1) is 5.92 Å². The van der Waals surface area contributed by atoms with Crippen LogP contribution in [0, 0.1) is 12.8 Å². The fourth-order valence-corrected chi connectivity index (χ4v) is 4.42. The van der Waals surface area contributed by atoms with Gasteiger partial charge in [-0.15, -0.1) is 0 Å². The van der Waals surface area contributed by atoms with Crippen molar-refractivity contribution < 1.29 is 9.59 Å². The van der Waals surface area contributed by atoms with Gasteiger partial charge in [0.1, 0.15) is 23.8 Å². The van der Waals surface area contributed by atoms with E-state index < -0.39 is 5.92 Å². The summed E-state index contributed by atoms with van der Waals surface area (Å²) >= 11 is 3.43. The molecule has 37 heavy (non-hydrogen) atoms. The van der Waals surface area contributed by atoms with E-state index in [9.17, 15) is 9.59 Å². The number of carbonyl (C=O) groups is 2. The van der Waals surface area contributed by atoms with E-state index in [1.54, 1.807) is 29.3 Å². The summed E-state index contributed by atoms with van der Waals surface area (Å²) in [6, 6.07) is 20.5. The van der Waals surface area contributed by atoms with E-state index in [0.717, 1.165) is 21.4 Å². The number of amides is 2. The molecule has 0 saturated carbocycles. The Hall–Kier alpha value is -4.31. The number of hydrogen-bond acceptors (Lipinski definition) is 7. The van der Waals surface area contributed by atoms with E-state index in [1.807, 2.05) is 55.5 Å². The fraction of sp³-hybridized carbons (Fsp3) is 0.148. The first kappa shape index (κ1) is 24.4. The summed E-state index contributed by atoms with van der Waals surface area (Å²) in [5.74, 6) is 1.27. The zero-order valence-corrected chi connectivity index (χ0v) is 21.6. The van der Waals surface area contributed by atoms with Gasteiger partial charge in [-0.1, -0.05) is 22.0 Å². The molecule has 10 heteroatoms. The third-order valence-electron chi connectivity index (χ3n) is 5.88. The Morgan fingerprint density at radius 3 is 2.41 bits per heavy atom. The van der Waals surface area contributed by atoms with Crippen LogP contribution in [-0.4, -0.2) is 33.3 Å². The largest absolute Gasteiger partial charge is 0.340 e. The molecule has 1 aliphatic heterocycles. The fourth-order valence-electron chi connectivity index (χ4n) is 4.04. The van der Waals surface area contributed by atoms with Crippen LogP contribution in [0.4, 0.5) is 34.5 Å². The van der Waals surface area contributed by atoms with Crippen molar-refractivity contribution in [3.63, 3.8) is 0 Å². The number of aromatic nitrogens is 3. The minimum atomic E-state index is -0.417. The third kappa shape index (κ3) is 6.10. The van der Waals surface area contributed by atoms with E-state index in [4.69, 9.17) is 0 Å². The van der Waals surface area contributed by atoms with Gasteiger partial charge >= 0.3 is 0 Å². The van der Waals surface area contributed by atoms with Gasteiger partial charge in [-0.05, 0) is 67.1 Å². The molecule has 0 spiro atoms. The normalized spacial score (nSPS) is 14.9. The van der Waals surface area contributed by atoms with Crippen molar-refractivity contribution in [2.24, 2.45) is 5.92 Å². The molecule has 1 aliphatic rings. The summed E-state index contributed by atoms with van der Waals surface area (Å²) in [4.78, 5) is 39.8. The number of pyridine rings is 1. The predicted octanol–water partition coefficient (Wildman–Crippen LogP) is 5.42. The molecule has 4 aromatic rings. The molecule has 9 nitrogen and oxygen atoms in total. The topological polar surface area (TPSA) is 112 Å². The van der Waals surface area contributed by atoms with Gasteiger partial charge in [-0.3, -0.25) is 9.59 Å². The van der Waals surface area contributed by atoms with Crippen molar-refractivity contribution in [1.29, 1.82) is 0 Å². The van der Waals surface area contributed by atoms with E-state index in [2.05, 4.69) is 46.8 Å². The second-order valence-electron chi connectivity index (χ2n) is 8.71. The smallest absolute Gasteiger partial charge is 0.229 e. The van der Waals surface area contributed by atoms with Crippen LogP contribution in [0.15, 0.2) is 83.7 Å². The lowest BCUT2D eigenvalue weighted by Crippen LogP contribution is -2.28. The summed E-state index contributed by atoms with van der Waals surface area (Å²) < 4.78 is 0.886. The van der Waals surface area contributed by atoms with Crippen LogP contribution in [0.2, 0.25) is 0 Å². The zero-order chi connectivity index (χ0) is 25.8. The first-order valence-electron chi connectivity index (χ1n) is 11.7. The number of nitrogens with one attached hydrogen (secondary N) is 3. The number of benzene rings is 2. The van der Waals surface area contributed by atoms with Crippen LogP contribution in [0.5, 0.6) is 0 Å². The maximum absolute atomic E-state index is 12.8. The molecule has 0 aliphatic carbocycles. The lowest BCUT2D eigenvalue weighted by molar-refractivity contribution is -0.122. The molecule has 0 radical (unpaired) electrons. The molecule has 5 rings (SSSR count). The standard InChI is InChI=1S/C27H24BrN7O2/c1-17-9-10-29-23(11-17)34-25-14-24(30-16-31-25)32-20-5-7-21(8-6-20)33-27(37)18-12-26(36)35(15-18)22-4-2-3-19(28)13-22/h2-11,13-14,16,18H,12,15H2,1H3,(H,33,37)(H2,29,30,31,32,34). The Labute approximate surface area is 222 Å². The Morgan fingerprint density at radius 2 is 1.65 bits per heavy atom. The summed E-state index contributed by atoms with van der Waals surface area (Å²) in [5, 5.41) is 9.32. The van der Waals surface area contributed by atoms with Crippen LogP contribution < -0.4 is 20.9 Å². The van der Waals surface area contributed by atoms with Crippen molar-refractivity contribution >= 4 is 62.3 Å². The van der Waals surface area contributed by atoms with Gasteiger partial charge in [0, 0.05) is 46.8 Å². The van der Waals surface area contributed by atoms with E-state index in [0.29, 0.717) is 29.7 Å². The highest BCUT2D eigenvalue weighted by molar-refractivity contribution is 9.10. The lowest BCUT2D eigenvalue weighted by Gasteiger charge is -2.17. The molecule has 1 atom stereocenters. The van der Waals surface area contributed by atoms with Crippen molar-refractivity contribution in [2.45, 2.75) is 13.3 Å². The van der Waals surface area contributed by atoms with Gasteiger partial charge in [-0.2, -0.15) is 0 Å². The molecule has 1 unspecified atom stereocenters. The molecule has 1 fully saturated rings. The van der Waals surface area contributed by atoms with Crippen LogP contribution in [0.25, 0.3) is 0 Å². The molecular weight excluding hydrogens is 534 g/mol. The van der Waals surface area contributed by atoms with Crippen molar-refractivity contribution in [2.75, 3.05) is 27.4 Å². The van der Waals surface area contributed by atoms with Crippen LogP contribution in [0.1, 0.15) is 12.0 Å². The second kappa shape index (κ2) is 10.8. The highest BCUT2D eigenvalue weighted by Crippen LogP contribution is 2.28. The minimum absolute atomic E-state index is 0.0605. The van der Waals surface area contributed by atoms with Crippen molar-refractivity contribution in [1.82, 2.24) is 15.0 Å². The van der Waals surface area contributed by atoms with E-state index in [1.165, 1.54) is 6.33 Å². The third-order valence-corrected chi connectivity index (χ3v) is 6.37. The highest BCUT2D eigenvalue weighted by Gasteiger charge is 2.35. The number of aryl methyl sites for hydroxylation is 1. The van der Waals surface area contributed by atoms with Gasteiger partial charge in [0.2, 0.25) is 11.8 Å². The summed E-state index contributed by atoms with van der Waals surface area (Å²) in [6.07, 6.45) is 3.39. The monoisotopic (exact) mass is 557 g/mol. The molecule has 1 saturated heterocycles. The van der Waals surface area contributed by atoms with Crippen LogP contribution in [-0.2, 0) is 9.59 Å². The molecule has 186 valence electrons. The Morgan fingerprint density at radius 1 is 0.919 bits per heavy atom. The molecule has 2 amide bonds. The Balaban J connectivity index is 1.18. The SMILES string of the molecule is Cc1ccnc(Nc2cc(Nc3ccc(NC(=O)C4CC(=O)N(c5cccc(Br)c5)C4)cc3)ncn2)c1. The van der Waals surface area contributed by atoms with Gasteiger partial charge in [0.15, 0.2) is 0 Å². The van der Waals surface area contributed by atoms with Crippen molar-refractivity contribution in [3.05, 3.63) is 89.3 Å². The Bertz CT molecular complexity index is 1440. The molecule has 2 aromatic carbocycles. The average molecular weight is 558 g/mol. The minimum Gasteiger partial charge on any atom is -0.340 e. The maximum atomic E-state index is 12.8. The molecular formula is C27H24BrN7O2. The average Bonchev–Trinajstić information content (AvgIpc) is 3.27. The van der Waals surface area contributed by atoms with Gasteiger partial charge in [-0.25, -0.2) is 15.0 Å². The van der Waals surface area contributed by atoms with Gasteiger partial charge in [0.25, 0.3) is 0 Å². The zero-order valence-electron chi connectivity index (χ0n) is 20.0. The van der Waals surface area contributed by atoms with Crippen LogP contribution in [0.3, 0.4) is 0 Å². The molecule has 2 aromatic heterocycles. The molecule has 0 bridgehead atoms.